The van der Waals surface area contributed by atoms with Gasteiger partial charge in [0.1, 0.15) is 17.4 Å². The number of carbonyl (C=O) groups excluding carboxylic acids is 1. The predicted molar refractivity (Wildman–Crippen MR) is 104 cm³/mol. The van der Waals surface area contributed by atoms with Crippen molar-refractivity contribution in [2.24, 2.45) is 5.41 Å². The monoisotopic (exact) mass is 383 g/mol. The molecule has 2 heterocycles. The number of piperidine rings is 1. The number of benzene rings is 1. The molecule has 0 bridgehead atoms. The summed E-state index contributed by atoms with van der Waals surface area (Å²) in [6.07, 6.45) is 2.97. The van der Waals surface area contributed by atoms with Gasteiger partial charge in [-0.1, -0.05) is 6.07 Å². The summed E-state index contributed by atoms with van der Waals surface area (Å²) in [6, 6.07) is 9.18. The Morgan fingerprint density at radius 2 is 2.19 bits per heavy atom. The second kappa shape index (κ2) is 6.97. The molecule has 2 aliphatic rings. The molecule has 27 heavy (non-hydrogen) atoms. The lowest BCUT2D eigenvalue weighted by molar-refractivity contribution is -0.130. The molecule has 4 nitrogen and oxygen atoms in total. The van der Waals surface area contributed by atoms with Crippen molar-refractivity contribution in [1.82, 2.24) is 4.90 Å². The summed E-state index contributed by atoms with van der Waals surface area (Å²) in [5.41, 5.74) is 2.18. The van der Waals surface area contributed by atoms with Crippen molar-refractivity contribution >= 4 is 22.9 Å². The summed E-state index contributed by atoms with van der Waals surface area (Å²) >= 11 is 1.65. The molecular formula is C21H22FN3OS. The van der Waals surface area contributed by atoms with Crippen LogP contribution in [0.25, 0.3) is 0 Å². The van der Waals surface area contributed by atoms with Crippen LogP contribution >= 0.6 is 11.3 Å². The first-order valence-corrected chi connectivity index (χ1v) is 10.2. The fourth-order valence-corrected chi connectivity index (χ4v) is 5.06. The van der Waals surface area contributed by atoms with Crippen LogP contribution in [0.2, 0.25) is 0 Å². The van der Waals surface area contributed by atoms with E-state index in [0.29, 0.717) is 18.3 Å². The van der Waals surface area contributed by atoms with Gasteiger partial charge in [-0.25, -0.2) is 4.39 Å². The van der Waals surface area contributed by atoms with Crippen LogP contribution in [0.3, 0.4) is 0 Å². The minimum atomic E-state index is -0.460. The van der Waals surface area contributed by atoms with Gasteiger partial charge in [0.2, 0.25) is 5.91 Å². The minimum absolute atomic E-state index is 0.127. The van der Waals surface area contributed by atoms with Crippen LogP contribution in [0.1, 0.15) is 37.3 Å². The van der Waals surface area contributed by atoms with E-state index in [0.717, 1.165) is 32.4 Å². The van der Waals surface area contributed by atoms with Crippen molar-refractivity contribution in [1.29, 1.82) is 5.26 Å². The van der Waals surface area contributed by atoms with Crippen LogP contribution in [0.15, 0.2) is 35.0 Å². The van der Waals surface area contributed by atoms with Crippen LogP contribution in [-0.4, -0.2) is 29.9 Å². The van der Waals surface area contributed by atoms with E-state index >= 15 is 0 Å². The maximum absolute atomic E-state index is 13.9. The minimum Gasteiger partial charge on any atom is -0.370 e. The van der Waals surface area contributed by atoms with Crippen LogP contribution in [-0.2, 0) is 11.3 Å². The first kappa shape index (κ1) is 18.0. The third-order valence-electron chi connectivity index (χ3n) is 6.06. The van der Waals surface area contributed by atoms with E-state index in [-0.39, 0.29) is 16.9 Å². The largest absolute Gasteiger partial charge is 0.370 e. The van der Waals surface area contributed by atoms with Gasteiger partial charge >= 0.3 is 0 Å². The highest BCUT2D eigenvalue weighted by molar-refractivity contribution is 7.07. The summed E-state index contributed by atoms with van der Waals surface area (Å²) < 4.78 is 13.9. The van der Waals surface area contributed by atoms with Gasteiger partial charge in [0, 0.05) is 32.6 Å². The molecule has 1 saturated heterocycles. The van der Waals surface area contributed by atoms with Crippen molar-refractivity contribution in [3.05, 3.63) is 52.0 Å². The van der Waals surface area contributed by atoms with Gasteiger partial charge in [-0.3, -0.25) is 4.79 Å². The molecule has 2 aromatic rings. The number of anilines is 1. The Hall–Kier alpha value is -2.39. The van der Waals surface area contributed by atoms with Crippen LogP contribution < -0.4 is 4.90 Å². The molecule has 1 aliphatic heterocycles. The Kier molecular flexibility index (Phi) is 4.65. The molecule has 1 aliphatic carbocycles. The topological polar surface area (TPSA) is 47.3 Å². The number of thiophene rings is 1. The summed E-state index contributed by atoms with van der Waals surface area (Å²) in [5, 5.41) is 13.4. The highest BCUT2D eigenvalue weighted by atomic mass is 32.1. The second-order valence-electron chi connectivity index (χ2n) is 7.59. The highest BCUT2D eigenvalue weighted by Gasteiger charge is 2.58. The van der Waals surface area contributed by atoms with Crippen molar-refractivity contribution in [2.45, 2.75) is 38.8 Å². The SMILES string of the molecule is CC(=O)N(Cc1ccsc1)C1CC12CCN(c1cccc(F)c1C#N)CC2. The van der Waals surface area contributed by atoms with Crippen LogP contribution in [0.5, 0.6) is 0 Å². The summed E-state index contributed by atoms with van der Waals surface area (Å²) in [6.45, 7) is 3.91. The van der Waals surface area contributed by atoms with Crippen LogP contribution in [0.4, 0.5) is 10.1 Å². The lowest BCUT2D eigenvalue weighted by Gasteiger charge is -2.36. The quantitative estimate of drug-likeness (QED) is 0.796. The number of rotatable bonds is 4. The summed E-state index contributed by atoms with van der Waals surface area (Å²) in [5.74, 6) is -0.333. The third kappa shape index (κ3) is 3.32. The molecular weight excluding hydrogens is 361 g/mol. The number of halogens is 1. The lowest BCUT2D eigenvalue weighted by atomic mass is 9.91. The number of carbonyl (C=O) groups is 1. The van der Waals surface area contributed by atoms with Gasteiger partial charge < -0.3 is 9.80 Å². The fraction of sp³-hybridized carbons (Fsp3) is 0.429. The Labute approximate surface area is 162 Å². The molecule has 140 valence electrons. The van der Waals surface area contributed by atoms with Crippen molar-refractivity contribution < 1.29 is 9.18 Å². The maximum Gasteiger partial charge on any atom is 0.220 e. The molecule has 4 rings (SSSR count). The van der Waals surface area contributed by atoms with Gasteiger partial charge in [0.25, 0.3) is 0 Å². The van der Waals surface area contributed by atoms with Gasteiger partial charge in [0.05, 0.1) is 5.69 Å². The van der Waals surface area contributed by atoms with E-state index < -0.39 is 5.82 Å². The number of hydrogen-bond acceptors (Lipinski definition) is 4. The number of nitriles is 1. The lowest BCUT2D eigenvalue weighted by Crippen LogP contribution is -2.40. The van der Waals surface area contributed by atoms with E-state index in [1.54, 1.807) is 24.3 Å². The highest BCUT2D eigenvalue weighted by Crippen LogP contribution is 2.57. The van der Waals surface area contributed by atoms with E-state index in [1.807, 2.05) is 22.4 Å². The van der Waals surface area contributed by atoms with E-state index in [2.05, 4.69) is 16.3 Å². The third-order valence-corrected chi connectivity index (χ3v) is 6.80. The van der Waals surface area contributed by atoms with E-state index in [9.17, 15) is 14.4 Å². The summed E-state index contributed by atoms with van der Waals surface area (Å²) in [4.78, 5) is 16.4. The predicted octanol–water partition coefficient (Wildman–Crippen LogP) is 4.17. The number of nitrogens with zero attached hydrogens (tertiary/aromatic N) is 3. The average molecular weight is 383 g/mol. The fourth-order valence-electron chi connectivity index (χ4n) is 4.40. The zero-order valence-electron chi connectivity index (χ0n) is 15.3. The smallest absolute Gasteiger partial charge is 0.220 e. The Bertz CT molecular complexity index is 881. The van der Waals surface area contributed by atoms with Gasteiger partial charge in [-0.15, -0.1) is 0 Å². The average Bonchev–Trinajstić information content (AvgIpc) is 3.09. The Morgan fingerprint density at radius 1 is 1.41 bits per heavy atom. The first-order valence-electron chi connectivity index (χ1n) is 9.26. The molecule has 0 N–H and O–H groups in total. The van der Waals surface area contributed by atoms with Crippen molar-refractivity contribution in [3.63, 3.8) is 0 Å². The molecule has 1 amide bonds. The van der Waals surface area contributed by atoms with E-state index in [1.165, 1.54) is 11.6 Å². The molecule has 1 atom stereocenters. The molecule has 6 heteroatoms. The van der Waals surface area contributed by atoms with Gasteiger partial charge in [-0.05, 0) is 59.2 Å². The Morgan fingerprint density at radius 3 is 2.81 bits per heavy atom. The molecule has 1 saturated carbocycles. The Balaban J connectivity index is 1.45. The second-order valence-corrected chi connectivity index (χ2v) is 8.37. The summed E-state index contributed by atoms with van der Waals surface area (Å²) in [7, 11) is 0. The standard InChI is InChI=1S/C21H22FN3OS/c1-15(26)25(13-16-5-10-27-14-16)20-11-21(20)6-8-24(9-7-21)19-4-2-3-18(22)17(19)12-23/h2-5,10,14,20H,6-9,11,13H2,1H3. The van der Waals surface area contributed by atoms with Crippen molar-refractivity contribution in [2.75, 3.05) is 18.0 Å². The zero-order chi connectivity index (χ0) is 19.0. The molecule has 1 aromatic carbocycles. The molecule has 1 spiro atoms. The molecule has 2 fully saturated rings. The molecule has 1 aromatic heterocycles. The van der Waals surface area contributed by atoms with Crippen molar-refractivity contribution in [3.8, 4) is 6.07 Å². The molecule has 0 radical (unpaired) electrons. The zero-order valence-corrected chi connectivity index (χ0v) is 16.1. The number of amides is 1. The maximum atomic E-state index is 13.9. The van der Waals surface area contributed by atoms with E-state index in [4.69, 9.17) is 0 Å². The van der Waals surface area contributed by atoms with Gasteiger partial charge in [-0.2, -0.15) is 16.6 Å². The van der Waals surface area contributed by atoms with Gasteiger partial charge in [0.15, 0.2) is 0 Å². The molecule has 1 unspecified atom stereocenters. The normalized spacial score (nSPS) is 20.3. The van der Waals surface area contributed by atoms with Crippen LogP contribution in [0, 0.1) is 22.6 Å². The number of hydrogen-bond donors (Lipinski definition) is 0. The first-order chi connectivity index (χ1) is 13.0.